The molecule has 1 fully saturated rings. The Morgan fingerprint density at radius 2 is 1.85 bits per heavy atom. The van der Waals surface area contributed by atoms with Crippen molar-refractivity contribution >= 4 is 35.4 Å². The Morgan fingerprint density at radius 3 is 2.46 bits per heavy atom. The molecule has 2 heterocycles. The van der Waals surface area contributed by atoms with Crippen LogP contribution in [0.2, 0.25) is 0 Å². The Balaban J connectivity index is 1.76. The molecule has 3 rings (SSSR count). The molecule has 0 spiro atoms. The maximum atomic E-state index is 13.6. The van der Waals surface area contributed by atoms with Gasteiger partial charge >= 0.3 is 5.97 Å². The molecule has 3 N–H and O–H groups in total. The van der Waals surface area contributed by atoms with Gasteiger partial charge in [-0.1, -0.05) is 26.0 Å². The van der Waals surface area contributed by atoms with Gasteiger partial charge in [0, 0.05) is 37.5 Å². The standard InChI is InChI=1S/C27H34N4O8/c1-16(2)20(14-19(33)15-30-23(34)9-10-24(30)35)25(36)28-22(13-17-6-4-7-18(32)12-17)26(37)31-11-5-8-21(29-31)27(38)39-3/h4,6-7,9-10,12,16,20-22,29,32H,5,8,11,13-15H2,1-3H3,(H,28,36)/t20-,21-,22-/m0/s1. The van der Waals surface area contributed by atoms with E-state index in [9.17, 15) is 33.9 Å². The van der Waals surface area contributed by atoms with Crippen LogP contribution in [0.1, 0.15) is 38.7 Å². The van der Waals surface area contributed by atoms with Crippen LogP contribution in [0.5, 0.6) is 5.75 Å². The number of imide groups is 1. The Bertz CT molecular complexity index is 1150. The summed E-state index contributed by atoms with van der Waals surface area (Å²) < 4.78 is 4.79. The van der Waals surface area contributed by atoms with E-state index < -0.39 is 59.9 Å². The second-order valence-electron chi connectivity index (χ2n) is 9.96. The minimum Gasteiger partial charge on any atom is -0.508 e. The topological polar surface area (TPSA) is 162 Å². The summed E-state index contributed by atoms with van der Waals surface area (Å²) in [5.41, 5.74) is 3.46. The third-order valence-corrected chi connectivity index (χ3v) is 6.73. The molecule has 4 amide bonds. The number of hydrazine groups is 1. The second-order valence-corrected chi connectivity index (χ2v) is 9.96. The molecule has 0 aromatic heterocycles. The SMILES string of the molecule is COC(=O)[C@@H]1CCCN(C(=O)[C@H](Cc2cccc(O)c2)NC(=O)[C@@H](CC(=O)CN2C(=O)C=CC2=O)C(C)C)N1. The molecule has 3 atom stereocenters. The van der Waals surface area contributed by atoms with Gasteiger partial charge in [0.1, 0.15) is 17.8 Å². The number of benzene rings is 1. The molecule has 2 aliphatic heterocycles. The number of methoxy groups -OCH3 is 1. The van der Waals surface area contributed by atoms with Gasteiger partial charge in [-0.05, 0) is 36.5 Å². The monoisotopic (exact) mass is 542 g/mol. The smallest absolute Gasteiger partial charge is 0.324 e. The fraction of sp³-hybridized carbons (Fsp3) is 0.481. The maximum Gasteiger partial charge on any atom is 0.324 e. The average Bonchev–Trinajstić information content (AvgIpc) is 3.22. The first-order chi connectivity index (χ1) is 18.5. The van der Waals surface area contributed by atoms with Crippen molar-refractivity contribution in [3.05, 3.63) is 42.0 Å². The number of hydrogen-bond acceptors (Lipinski definition) is 9. The molecule has 0 aliphatic carbocycles. The zero-order chi connectivity index (χ0) is 28.7. The molecule has 0 bridgehead atoms. The average molecular weight is 543 g/mol. The summed E-state index contributed by atoms with van der Waals surface area (Å²) in [5.74, 6) is -4.33. The summed E-state index contributed by atoms with van der Waals surface area (Å²) in [5, 5.41) is 13.9. The van der Waals surface area contributed by atoms with E-state index in [4.69, 9.17) is 4.74 Å². The quantitative estimate of drug-likeness (QED) is 0.263. The van der Waals surface area contributed by atoms with E-state index in [0.29, 0.717) is 24.9 Å². The van der Waals surface area contributed by atoms with Crippen LogP contribution in [0.25, 0.3) is 0 Å². The third kappa shape index (κ3) is 7.73. The van der Waals surface area contributed by atoms with Crippen LogP contribution in [0.15, 0.2) is 36.4 Å². The predicted molar refractivity (Wildman–Crippen MR) is 137 cm³/mol. The molecule has 0 unspecified atom stereocenters. The minimum atomic E-state index is -1.08. The Hall–Kier alpha value is -4.06. The molecule has 12 heteroatoms. The van der Waals surface area contributed by atoms with E-state index >= 15 is 0 Å². The van der Waals surface area contributed by atoms with Gasteiger partial charge in [-0.2, -0.15) is 0 Å². The molecule has 2 aliphatic rings. The van der Waals surface area contributed by atoms with Gasteiger partial charge in [-0.25, -0.2) is 5.43 Å². The first-order valence-corrected chi connectivity index (χ1v) is 12.8. The highest BCUT2D eigenvalue weighted by Gasteiger charge is 2.35. The number of phenolic OH excluding ortho intramolecular Hbond substituents is 1. The van der Waals surface area contributed by atoms with Gasteiger partial charge in [0.15, 0.2) is 5.78 Å². The summed E-state index contributed by atoms with van der Waals surface area (Å²) in [6.07, 6.45) is 2.99. The number of rotatable bonds is 11. The molecule has 1 aromatic rings. The fourth-order valence-electron chi connectivity index (χ4n) is 4.55. The van der Waals surface area contributed by atoms with Crippen LogP contribution >= 0.6 is 0 Å². The van der Waals surface area contributed by atoms with E-state index in [1.54, 1.807) is 26.0 Å². The van der Waals surface area contributed by atoms with Crippen LogP contribution in [0.4, 0.5) is 0 Å². The first-order valence-electron chi connectivity index (χ1n) is 12.8. The lowest BCUT2D eigenvalue weighted by Crippen LogP contribution is -2.60. The van der Waals surface area contributed by atoms with Crippen molar-refractivity contribution in [2.24, 2.45) is 11.8 Å². The molecule has 39 heavy (non-hydrogen) atoms. The van der Waals surface area contributed by atoms with Crippen molar-refractivity contribution in [3.8, 4) is 5.75 Å². The number of carbonyl (C=O) groups is 6. The number of ketones is 1. The van der Waals surface area contributed by atoms with Crippen molar-refractivity contribution in [2.75, 3.05) is 20.2 Å². The van der Waals surface area contributed by atoms with E-state index in [-0.39, 0.29) is 24.5 Å². The number of aromatic hydroxyl groups is 1. The lowest BCUT2D eigenvalue weighted by atomic mass is 9.89. The minimum absolute atomic E-state index is 0.00183. The largest absolute Gasteiger partial charge is 0.508 e. The molecular formula is C27H34N4O8. The number of carbonyl (C=O) groups excluding carboxylic acids is 6. The normalized spacial score (nSPS) is 18.7. The van der Waals surface area contributed by atoms with Gasteiger partial charge in [-0.15, -0.1) is 0 Å². The third-order valence-electron chi connectivity index (χ3n) is 6.73. The highest BCUT2D eigenvalue weighted by Crippen LogP contribution is 2.20. The predicted octanol–water partition coefficient (Wildman–Crippen LogP) is 0.245. The van der Waals surface area contributed by atoms with Crippen molar-refractivity contribution in [1.29, 1.82) is 0 Å². The number of nitrogens with zero attached hydrogens (tertiary/aromatic N) is 2. The summed E-state index contributed by atoms with van der Waals surface area (Å²) in [6, 6.07) is 4.49. The lowest BCUT2D eigenvalue weighted by Gasteiger charge is -2.35. The second kappa shape index (κ2) is 13.1. The highest BCUT2D eigenvalue weighted by molar-refractivity contribution is 6.14. The van der Waals surface area contributed by atoms with E-state index in [1.165, 1.54) is 24.3 Å². The molecule has 0 saturated carbocycles. The molecule has 210 valence electrons. The van der Waals surface area contributed by atoms with Crippen molar-refractivity contribution in [1.82, 2.24) is 20.7 Å². The number of phenols is 1. The lowest BCUT2D eigenvalue weighted by molar-refractivity contribution is -0.151. The fourth-order valence-corrected chi connectivity index (χ4v) is 4.55. The van der Waals surface area contributed by atoms with Crippen molar-refractivity contribution < 1.29 is 38.6 Å². The van der Waals surface area contributed by atoms with Crippen molar-refractivity contribution in [3.63, 3.8) is 0 Å². The zero-order valence-electron chi connectivity index (χ0n) is 22.2. The molecular weight excluding hydrogens is 508 g/mol. The van der Waals surface area contributed by atoms with Crippen molar-refractivity contribution in [2.45, 2.75) is 51.6 Å². The van der Waals surface area contributed by atoms with Gasteiger partial charge in [-0.3, -0.25) is 38.7 Å². The Morgan fingerprint density at radius 1 is 1.15 bits per heavy atom. The van der Waals surface area contributed by atoms with Gasteiger partial charge in [0.2, 0.25) is 5.91 Å². The molecule has 12 nitrogen and oxygen atoms in total. The first kappa shape index (κ1) is 29.5. The number of ether oxygens (including phenoxy) is 1. The number of Topliss-reactive ketones (excluding diaryl/α,β-unsaturated/α-hetero) is 1. The highest BCUT2D eigenvalue weighted by atomic mass is 16.5. The van der Waals surface area contributed by atoms with Crippen LogP contribution < -0.4 is 10.7 Å². The van der Waals surface area contributed by atoms with E-state index in [0.717, 1.165) is 17.1 Å². The number of hydrogen-bond donors (Lipinski definition) is 3. The molecule has 1 saturated heterocycles. The number of nitrogens with one attached hydrogen (secondary N) is 2. The van der Waals surface area contributed by atoms with Crippen LogP contribution in [0, 0.1) is 11.8 Å². The Kier molecular flexibility index (Phi) is 9.94. The van der Waals surface area contributed by atoms with Crippen LogP contribution in [-0.2, 0) is 39.9 Å². The Labute approximate surface area is 226 Å². The summed E-state index contributed by atoms with van der Waals surface area (Å²) in [6.45, 7) is 3.37. The van der Waals surface area contributed by atoms with Crippen LogP contribution in [-0.4, -0.2) is 82.7 Å². The van der Waals surface area contributed by atoms with Gasteiger partial charge in [0.05, 0.1) is 13.7 Å². The van der Waals surface area contributed by atoms with Gasteiger partial charge < -0.3 is 15.2 Å². The molecule has 1 aromatic carbocycles. The zero-order valence-corrected chi connectivity index (χ0v) is 22.2. The molecule has 0 radical (unpaired) electrons. The summed E-state index contributed by atoms with van der Waals surface area (Å²) >= 11 is 0. The number of amides is 4. The summed E-state index contributed by atoms with van der Waals surface area (Å²) in [4.78, 5) is 76.2. The van der Waals surface area contributed by atoms with E-state index in [2.05, 4.69) is 10.7 Å². The maximum absolute atomic E-state index is 13.6. The number of esters is 1. The van der Waals surface area contributed by atoms with Crippen LogP contribution in [0.3, 0.4) is 0 Å². The summed E-state index contributed by atoms with van der Waals surface area (Å²) in [7, 11) is 1.26. The van der Waals surface area contributed by atoms with E-state index in [1.807, 2.05) is 0 Å². The van der Waals surface area contributed by atoms with Gasteiger partial charge in [0.25, 0.3) is 17.7 Å².